The molecule has 0 aliphatic carbocycles. The fraction of sp³-hybridized carbons (Fsp3) is 0.188. The second kappa shape index (κ2) is 4.96. The van der Waals surface area contributed by atoms with Gasteiger partial charge in [0.15, 0.2) is 0 Å². The number of benzene rings is 2. The third-order valence-electron chi connectivity index (χ3n) is 3.63. The molecule has 0 saturated heterocycles. The van der Waals surface area contributed by atoms with Crippen LogP contribution in [0.5, 0.6) is 0 Å². The highest BCUT2D eigenvalue weighted by Gasteiger charge is 2.26. The lowest BCUT2D eigenvalue weighted by Crippen LogP contribution is -2.31. The van der Waals surface area contributed by atoms with Crippen molar-refractivity contribution in [3.8, 4) is 0 Å². The van der Waals surface area contributed by atoms with Crippen molar-refractivity contribution in [1.29, 1.82) is 0 Å². The molecule has 1 amide bonds. The number of nitrogen functional groups attached to an aromatic ring is 1. The zero-order valence-electron chi connectivity index (χ0n) is 11.0. The maximum atomic E-state index is 13.6. The molecule has 3 rings (SSSR count). The molecule has 1 heterocycles. The van der Waals surface area contributed by atoms with Gasteiger partial charge in [-0.1, -0.05) is 30.3 Å². The molecule has 0 saturated carbocycles. The van der Waals surface area contributed by atoms with Crippen LogP contribution >= 0.6 is 0 Å². The van der Waals surface area contributed by atoms with Crippen molar-refractivity contribution in [2.75, 3.05) is 17.2 Å². The van der Waals surface area contributed by atoms with E-state index in [4.69, 9.17) is 5.73 Å². The summed E-state index contributed by atoms with van der Waals surface area (Å²) in [5.74, 6) is -0.465. The average molecular weight is 270 g/mol. The van der Waals surface area contributed by atoms with Crippen LogP contribution in [0.2, 0.25) is 0 Å². The molecule has 0 fully saturated rings. The second-order valence-electron chi connectivity index (χ2n) is 4.92. The summed E-state index contributed by atoms with van der Waals surface area (Å²) in [6.07, 6.45) is 0.851. The molecule has 1 aliphatic rings. The normalized spacial score (nSPS) is 13.3. The van der Waals surface area contributed by atoms with Gasteiger partial charge in [-0.05, 0) is 29.7 Å². The molecular weight excluding hydrogens is 255 g/mol. The van der Waals surface area contributed by atoms with Crippen molar-refractivity contribution in [2.45, 2.75) is 12.8 Å². The van der Waals surface area contributed by atoms with E-state index in [9.17, 15) is 9.18 Å². The maximum Gasteiger partial charge on any atom is 0.231 e. The number of fused-ring (bicyclic) bond motifs is 1. The lowest BCUT2D eigenvalue weighted by atomic mass is 10.1. The Morgan fingerprint density at radius 2 is 2.00 bits per heavy atom. The second-order valence-corrected chi connectivity index (χ2v) is 4.92. The third-order valence-corrected chi connectivity index (χ3v) is 3.63. The molecule has 20 heavy (non-hydrogen) atoms. The SMILES string of the molecule is Nc1cccc2c1N(C(=O)Cc1ccccc1F)CC2. The summed E-state index contributed by atoms with van der Waals surface area (Å²) in [5.41, 5.74) is 8.83. The molecule has 102 valence electrons. The lowest BCUT2D eigenvalue weighted by Gasteiger charge is -2.19. The molecule has 0 atom stereocenters. The van der Waals surface area contributed by atoms with Crippen molar-refractivity contribution in [3.05, 3.63) is 59.4 Å². The Bertz CT molecular complexity index is 669. The van der Waals surface area contributed by atoms with E-state index in [0.717, 1.165) is 17.7 Å². The molecule has 4 heteroatoms. The van der Waals surface area contributed by atoms with E-state index in [-0.39, 0.29) is 18.1 Å². The average Bonchev–Trinajstić information content (AvgIpc) is 2.87. The summed E-state index contributed by atoms with van der Waals surface area (Å²) in [6.45, 7) is 0.608. The number of hydrogen-bond acceptors (Lipinski definition) is 2. The van der Waals surface area contributed by atoms with Crippen LogP contribution in [0.25, 0.3) is 0 Å². The van der Waals surface area contributed by atoms with Gasteiger partial charge in [0, 0.05) is 6.54 Å². The van der Waals surface area contributed by atoms with E-state index in [1.165, 1.54) is 6.07 Å². The number of carbonyl (C=O) groups excluding carboxylic acids is 1. The quantitative estimate of drug-likeness (QED) is 0.852. The number of nitrogens with two attached hydrogens (primary N) is 1. The summed E-state index contributed by atoms with van der Waals surface area (Å²) in [7, 11) is 0. The van der Waals surface area contributed by atoms with E-state index in [0.29, 0.717) is 17.8 Å². The van der Waals surface area contributed by atoms with Gasteiger partial charge < -0.3 is 10.6 Å². The van der Waals surface area contributed by atoms with Gasteiger partial charge in [-0.2, -0.15) is 0 Å². The Morgan fingerprint density at radius 1 is 1.20 bits per heavy atom. The standard InChI is InChI=1S/C16H15FN2O/c17-13-6-2-1-4-12(13)10-15(20)19-9-8-11-5-3-7-14(18)16(11)19/h1-7H,8-10,18H2. The zero-order chi connectivity index (χ0) is 14.1. The van der Waals surface area contributed by atoms with Crippen LogP contribution in [0.1, 0.15) is 11.1 Å². The van der Waals surface area contributed by atoms with Gasteiger partial charge in [0.2, 0.25) is 5.91 Å². The fourth-order valence-electron chi connectivity index (χ4n) is 2.64. The topological polar surface area (TPSA) is 46.3 Å². The molecule has 1 aliphatic heterocycles. The van der Waals surface area contributed by atoms with E-state index in [1.807, 2.05) is 12.1 Å². The number of para-hydroxylation sites is 1. The third kappa shape index (κ3) is 2.13. The van der Waals surface area contributed by atoms with E-state index in [1.54, 1.807) is 29.2 Å². The number of halogens is 1. The van der Waals surface area contributed by atoms with Crippen LogP contribution in [0.3, 0.4) is 0 Å². The fourth-order valence-corrected chi connectivity index (χ4v) is 2.64. The Kier molecular flexibility index (Phi) is 3.14. The molecule has 2 aromatic carbocycles. The van der Waals surface area contributed by atoms with Crippen molar-refractivity contribution in [3.63, 3.8) is 0 Å². The van der Waals surface area contributed by atoms with E-state index < -0.39 is 0 Å². The number of anilines is 2. The van der Waals surface area contributed by atoms with Crippen molar-refractivity contribution >= 4 is 17.3 Å². The van der Waals surface area contributed by atoms with Crippen LogP contribution in [-0.2, 0) is 17.6 Å². The first-order valence-electron chi connectivity index (χ1n) is 6.58. The first-order valence-corrected chi connectivity index (χ1v) is 6.58. The van der Waals surface area contributed by atoms with Gasteiger partial charge in [0.1, 0.15) is 5.82 Å². The Balaban J connectivity index is 1.86. The molecule has 3 nitrogen and oxygen atoms in total. The zero-order valence-corrected chi connectivity index (χ0v) is 11.0. The number of amides is 1. The number of carbonyl (C=O) groups is 1. The lowest BCUT2D eigenvalue weighted by molar-refractivity contribution is -0.117. The molecule has 0 radical (unpaired) electrons. The summed E-state index contributed by atoms with van der Waals surface area (Å²) in [4.78, 5) is 14.0. The van der Waals surface area contributed by atoms with Gasteiger partial charge in [0.25, 0.3) is 0 Å². The van der Waals surface area contributed by atoms with Crippen LogP contribution < -0.4 is 10.6 Å². The van der Waals surface area contributed by atoms with Crippen molar-refractivity contribution in [2.24, 2.45) is 0 Å². The smallest absolute Gasteiger partial charge is 0.231 e. The predicted octanol–water partition coefficient (Wildman–Crippen LogP) is 2.54. The van der Waals surface area contributed by atoms with Gasteiger partial charge in [0.05, 0.1) is 17.8 Å². The van der Waals surface area contributed by atoms with Crippen LogP contribution in [0, 0.1) is 5.82 Å². The minimum Gasteiger partial charge on any atom is -0.397 e. The predicted molar refractivity (Wildman–Crippen MR) is 77.0 cm³/mol. The van der Waals surface area contributed by atoms with Crippen molar-refractivity contribution < 1.29 is 9.18 Å². The molecule has 0 unspecified atom stereocenters. The van der Waals surface area contributed by atoms with E-state index >= 15 is 0 Å². The van der Waals surface area contributed by atoms with Crippen LogP contribution in [0.15, 0.2) is 42.5 Å². The monoisotopic (exact) mass is 270 g/mol. The highest BCUT2D eigenvalue weighted by molar-refractivity contribution is 5.99. The van der Waals surface area contributed by atoms with Crippen LogP contribution in [0.4, 0.5) is 15.8 Å². The van der Waals surface area contributed by atoms with Crippen molar-refractivity contribution in [1.82, 2.24) is 0 Å². The molecule has 2 N–H and O–H groups in total. The first-order chi connectivity index (χ1) is 9.66. The largest absolute Gasteiger partial charge is 0.397 e. The summed E-state index contributed by atoms with van der Waals surface area (Å²) in [5, 5.41) is 0. The van der Waals surface area contributed by atoms with Gasteiger partial charge in [-0.25, -0.2) is 4.39 Å². The molecular formula is C16H15FN2O. The Labute approximate surface area is 116 Å². The minimum atomic E-state index is -0.346. The summed E-state index contributed by atoms with van der Waals surface area (Å²) < 4.78 is 13.6. The highest BCUT2D eigenvalue weighted by atomic mass is 19.1. The minimum absolute atomic E-state index is 0.0560. The summed E-state index contributed by atoms with van der Waals surface area (Å²) in [6, 6.07) is 12.0. The first kappa shape index (κ1) is 12.7. The Hall–Kier alpha value is -2.36. The van der Waals surface area contributed by atoms with Gasteiger partial charge in [-0.15, -0.1) is 0 Å². The van der Waals surface area contributed by atoms with E-state index in [2.05, 4.69) is 0 Å². The molecule has 2 aromatic rings. The molecule has 0 spiro atoms. The molecule has 0 aromatic heterocycles. The van der Waals surface area contributed by atoms with Gasteiger partial charge in [-0.3, -0.25) is 4.79 Å². The summed E-state index contributed by atoms with van der Waals surface area (Å²) >= 11 is 0. The molecule has 0 bridgehead atoms. The number of nitrogens with zero attached hydrogens (tertiary/aromatic N) is 1. The Morgan fingerprint density at radius 3 is 2.80 bits per heavy atom. The number of hydrogen-bond donors (Lipinski definition) is 1. The number of rotatable bonds is 2. The van der Waals surface area contributed by atoms with Gasteiger partial charge >= 0.3 is 0 Å². The maximum absolute atomic E-state index is 13.6. The van der Waals surface area contributed by atoms with Crippen LogP contribution in [-0.4, -0.2) is 12.5 Å². The highest BCUT2D eigenvalue weighted by Crippen LogP contribution is 2.34.